The van der Waals surface area contributed by atoms with E-state index in [9.17, 15) is 19.8 Å². The van der Waals surface area contributed by atoms with Gasteiger partial charge in [0.25, 0.3) is 0 Å². The molecule has 1 heterocycles. The number of phenolic OH excluding ortho intramolecular Hbond substituents is 2. The summed E-state index contributed by atoms with van der Waals surface area (Å²) in [6.45, 7) is 1.08. The first-order valence-corrected chi connectivity index (χ1v) is 7.73. The summed E-state index contributed by atoms with van der Waals surface area (Å²) < 4.78 is 6.47. The zero-order valence-corrected chi connectivity index (χ0v) is 13.9. The molecule has 0 unspecified atom stereocenters. The molecule has 0 aliphatic carbocycles. The van der Waals surface area contributed by atoms with Crippen LogP contribution in [0.4, 0.5) is 0 Å². The molecule has 0 fully saturated rings. The molecule has 0 aliphatic rings. The van der Waals surface area contributed by atoms with E-state index < -0.39 is 11.4 Å². The number of carbonyl (C=O) groups excluding carboxylic acids is 1. The van der Waals surface area contributed by atoms with Gasteiger partial charge < -0.3 is 19.5 Å². The summed E-state index contributed by atoms with van der Waals surface area (Å²) in [4.78, 5) is 24.0. The van der Waals surface area contributed by atoms with Gasteiger partial charge >= 0.3 is 5.97 Å². The van der Waals surface area contributed by atoms with Crippen LogP contribution >= 0.6 is 11.6 Å². The Bertz CT molecular complexity index is 1040. The minimum absolute atomic E-state index is 0.0161. The maximum atomic E-state index is 12.9. The van der Waals surface area contributed by atoms with Gasteiger partial charge in [0, 0.05) is 35.8 Å². The van der Waals surface area contributed by atoms with Gasteiger partial charge in [-0.1, -0.05) is 23.7 Å². The Labute approximate surface area is 147 Å². The molecular formula is C18H14ClNO5. The number of rotatable bonds is 3. The van der Waals surface area contributed by atoms with Crippen molar-refractivity contribution in [3.05, 3.63) is 57.8 Å². The first-order valence-electron chi connectivity index (χ1n) is 7.35. The Morgan fingerprint density at radius 1 is 1.24 bits per heavy atom. The SMILES string of the molecule is CC(=O)OCn1cc(-c2cccc(Cl)c2)c(=O)c2c(O)cc(O)cc21. The van der Waals surface area contributed by atoms with Gasteiger partial charge in [-0.3, -0.25) is 9.59 Å². The second-order valence-corrected chi connectivity index (χ2v) is 5.91. The first kappa shape index (κ1) is 16.9. The highest BCUT2D eigenvalue weighted by Crippen LogP contribution is 2.30. The molecule has 25 heavy (non-hydrogen) atoms. The van der Waals surface area contributed by atoms with E-state index >= 15 is 0 Å². The fraction of sp³-hybridized carbons (Fsp3) is 0.111. The highest BCUT2D eigenvalue weighted by Gasteiger charge is 2.16. The van der Waals surface area contributed by atoms with Crippen LogP contribution in [-0.2, 0) is 16.3 Å². The molecule has 0 bridgehead atoms. The summed E-state index contributed by atoms with van der Waals surface area (Å²) in [7, 11) is 0. The number of hydrogen-bond donors (Lipinski definition) is 2. The Hall–Kier alpha value is -2.99. The van der Waals surface area contributed by atoms with E-state index in [1.54, 1.807) is 24.3 Å². The van der Waals surface area contributed by atoms with E-state index in [0.29, 0.717) is 10.6 Å². The number of ether oxygens (including phenoxy) is 1. The van der Waals surface area contributed by atoms with Gasteiger partial charge in [0.1, 0.15) is 11.5 Å². The maximum absolute atomic E-state index is 12.9. The summed E-state index contributed by atoms with van der Waals surface area (Å²) in [6, 6.07) is 9.12. The number of fused-ring (bicyclic) bond motifs is 1. The van der Waals surface area contributed by atoms with Crippen molar-refractivity contribution < 1.29 is 19.7 Å². The summed E-state index contributed by atoms with van der Waals surface area (Å²) in [5, 5.41) is 20.4. The van der Waals surface area contributed by atoms with Gasteiger partial charge in [0.15, 0.2) is 6.73 Å². The van der Waals surface area contributed by atoms with Crippen molar-refractivity contribution in [1.29, 1.82) is 0 Å². The molecule has 7 heteroatoms. The number of aromatic nitrogens is 1. The number of pyridine rings is 1. The molecule has 0 saturated heterocycles. The maximum Gasteiger partial charge on any atom is 0.304 e. The number of carbonyl (C=O) groups is 1. The molecule has 2 aromatic carbocycles. The van der Waals surface area contributed by atoms with Crippen molar-refractivity contribution in [3.63, 3.8) is 0 Å². The van der Waals surface area contributed by atoms with Crippen molar-refractivity contribution in [2.45, 2.75) is 13.7 Å². The number of nitrogens with zero attached hydrogens (tertiary/aromatic N) is 1. The lowest BCUT2D eigenvalue weighted by molar-refractivity contribution is -0.144. The molecule has 128 valence electrons. The third-order valence-electron chi connectivity index (χ3n) is 3.69. The minimum atomic E-state index is -0.500. The molecule has 0 spiro atoms. The number of benzene rings is 2. The van der Waals surface area contributed by atoms with Crippen LogP contribution in [0.5, 0.6) is 11.5 Å². The average Bonchev–Trinajstić information content (AvgIpc) is 2.53. The van der Waals surface area contributed by atoms with Crippen LogP contribution < -0.4 is 5.43 Å². The van der Waals surface area contributed by atoms with Gasteiger partial charge in [-0.05, 0) is 17.7 Å². The third kappa shape index (κ3) is 3.29. The predicted octanol–water partition coefficient (Wildman–Crippen LogP) is 3.25. The fourth-order valence-electron chi connectivity index (χ4n) is 2.60. The molecule has 1 aromatic heterocycles. The molecule has 2 N–H and O–H groups in total. The second-order valence-electron chi connectivity index (χ2n) is 5.48. The lowest BCUT2D eigenvalue weighted by atomic mass is 10.0. The molecule has 6 nitrogen and oxygen atoms in total. The molecule has 0 aliphatic heterocycles. The standard InChI is InChI=1S/C18H14ClNO5/c1-10(21)25-9-20-8-14(11-3-2-4-12(19)5-11)18(24)17-15(20)6-13(22)7-16(17)23/h2-8,22-23H,9H2,1H3. The average molecular weight is 360 g/mol. The third-order valence-corrected chi connectivity index (χ3v) is 3.93. The predicted molar refractivity (Wildman–Crippen MR) is 93.7 cm³/mol. The molecule has 0 saturated carbocycles. The summed E-state index contributed by atoms with van der Waals surface area (Å²) >= 11 is 6.00. The second kappa shape index (κ2) is 6.49. The van der Waals surface area contributed by atoms with Crippen molar-refractivity contribution in [2.75, 3.05) is 0 Å². The number of aromatic hydroxyl groups is 2. The van der Waals surface area contributed by atoms with Gasteiger partial charge in [-0.15, -0.1) is 0 Å². The van der Waals surface area contributed by atoms with Crippen LogP contribution in [0.25, 0.3) is 22.0 Å². The highest BCUT2D eigenvalue weighted by atomic mass is 35.5. The Balaban J connectivity index is 2.33. The smallest absolute Gasteiger partial charge is 0.304 e. The fourth-order valence-corrected chi connectivity index (χ4v) is 2.79. The highest BCUT2D eigenvalue weighted by molar-refractivity contribution is 6.30. The summed E-state index contributed by atoms with van der Waals surface area (Å²) in [6.07, 6.45) is 1.50. The zero-order valence-electron chi connectivity index (χ0n) is 13.2. The zero-order chi connectivity index (χ0) is 18.1. The van der Waals surface area contributed by atoms with Crippen molar-refractivity contribution in [2.24, 2.45) is 0 Å². The van der Waals surface area contributed by atoms with Crippen molar-refractivity contribution in [3.8, 4) is 22.6 Å². The van der Waals surface area contributed by atoms with E-state index in [4.69, 9.17) is 16.3 Å². The van der Waals surface area contributed by atoms with E-state index in [0.717, 1.165) is 6.07 Å². The lowest BCUT2D eigenvalue weighted by Crippen LogP contribution is -2.14. The molecule has 0 radical (unpaired) electrons. The molecule has 0 amide bonds. The molecular weight excluding hydrogens is 346 g/mol. The van der Waals surface area contributed by atoms with Gasteiger partial charge in [-0.25, -0.2) is 0 Å². The number of phenols is 2. The first-order chi connectivity index (χ1) is 11.9. The van der Waals surface area contributed by atoms with Crippen LogP contribution in [0, 0.1) is 0 Å². The Morgan fingerprint density at radius 2 is 2.00 bits per heavy atom. The Kier molecular flexibility index (Phi) is 4.37. The molecule has 0 atom stereocenters. The van der Waals surface area contributed by atoms with Gasteiger partial charge in [-0.2, -0.15) is 0 Å². The van der Waals surface area contributed by atoms with E-state index in [-0.39, 0.29) is 34.7 Å². The monoisotopic (exact) mass is 359 g/mol. The van der Waals surface area contributed by atoms with Crippen LogP contribution in [0.2, 0.25) is 5.02 Å². The van der Waals surface area contributed by atoms with E-state index in [2.05, 4.69) is 0 Å². The van der Waals surface area contributed by atoms with E-state index in [1.165, 1.54) is 23.8 Å². The summed E-state index contributed by atoms with van der Waals surface area (Å²) in [5.41, 5.74) is 0.662. The number of halogens is 1. The summed E-state index contributed by atoms with van der Waals surface area (Å²) in [5.74, 6) is -1.07. The number of esters is 1. The topological polar surface area (TPSA) is 88.8 Å². The van der Waals surface area contributed by atoms with Crippen LogP contribution in [0.15, 0.2) is 47.4 Å². The van der Waals surface area contributed by atoms with Crippen molar-refractivity contribution >= 4 is 28.5 Å². The van der Waals surface area contributed by atoms with Crippen LogP contribution in [0.1, 0.15) is 6.92 Å². The van der Waals surface area contributed by atoms with E-state index in [1.807, 2.05) is 0 Å². The normalized spacial score (nSPS) is 10.8. The largest absolute Gasteiger partial charge is 0.508 e. The minimum Gasteiger partial charge on any atom is -0.508 e. The Morgan fingerprint density at radius 3 is 2.68 bits per heavy atom. The van der Waals surface area contributed by atoms with Gasteiger partial charge in [0.2, 0.25) is 5.43 Å². The molecule has 3 rings (SSSR count). The quantitative estimate of drug-likeness (QED) is 0.701. The van der Waals surface area contributed by atoms with Crippen molar-refractivity contribution in [1.82, 2.24) is 4.57 Å². The lowest BCUT2D eigenvalue weighted by Gasteiger charge is -2.14. The van der Waals surface area contributed by atoms with Gasteiger partial charge in [0.05, 0.1) is 10.9 Å². The van der Waals surface area contributed by atoms with Crippen LogP contribution in [0.3, 0.4) is 0 Å². The molecule has 3 aromatic rings. The van der Waals surface area contributed by atoms with Crippen LogP contribution in [-0.4, -0.2) is 20.7 Å². The number of hydrogen-bond acceptors (Lipinski definition) is 5.